The molecule has 0 saturated carbocycles. The first-order chi connectivity index (χ1) is 36.9. The zero-order valence-corrected chi connectivity index (χ0v) is 52.1. The van der Waals surface area contributed by atoms with Crippen molar-refractivity contribution in [1.29, 1.82) is 0 Å². The van der Waals surface area contributed by atoms with Gasteiger partial charge in [0, 0.05) is 12.8 Å². The standard InChI is InChI=1S/C66H127N2O7P/c1-7-10-13-16-19-22-25-28-30-32-33-34-35-36-38-41-44-47-50-53-56-59-66(70)75-64(57-54-51-48-45-42-39-27-24-21-18-15-12-9-3)63(62-74-76(71,72)73-61-60-68(4,5)6)67-65(69)58-55-52-49-46-43-40-37-31-29-26-23-20-17-14-11-8-2/h19,22,28,30,54,57,63-64H,7-18,20-21,23-27,29,31-53,55-56,58-62H2,1-6H3,(H-,67,69,71,72)/b22-19-,30-28-,57-54+. The molecule has 76 heavy (non-hydrogen) atoms. The Bertz CT molecular complexity index is 1400. The maximum atomic E-state index is 13.5. The number of carbonyl (C=O) groups excluding carboxylic acids is 2. The minimum absolute atomic E-state index is 0.0198. The first-order valence-corrected chi connectivity index (χ1v) is 34.3. The van der Waals surface area contributed by atoms with Gasteiger partial charge in [-0.25, -0.2) is 0 Å². The van der Waals surface area contributed by atoms with Crippen LogP contribution in [0, 0.1) is 0 Å². The van der Waals surface area contributed by atoms with Crippen LogP contribution in [0.5, 0.6) is 0 Å². The summed E-state index contributed by atoms with van der Waals surface area (Å²) < 4.78 is 30.4. The molecule has 3 atom stereocenters. The van der Waals surface area contributed by atoms with Crippen LogP contribution in [0.3, 0.4) is 0 Å². The number of quaternary nitrogens is 1. The third-order valence-corrected chi connectivity index (χ3v) is 15.8. The van der Waals surface area contributed by atoms with E-state index in [4.69, 9.17) is 13.8 Å². The van der Waals surface area contributed by atoms with E-state index in [1.807, 2.05) is 33.3 Å². The lowest BCUT2D eigenvalue weighted by Crippen LogP contribution is -2.47. The summed E-state index contributed by atoms with van der Waals surface area (Å²) in [5.74, 6) is -0.527. The monoisotopic (exact) mass is 1090 g/mol. The summed E-state index contributed by atoms with van der Waals surface area (Å²) in [5.41, 5.74) is 0. The average molecular weight is 1090 g/mol. The van der Waals surface area contributed by atoms with E-state index in [0.717, 1.165) is 64.2 Å². The number of carbonyl (C=O) groups is 2. The van der Waals surface area contributed by atoms with Crippen molar-refractivity contribution in [3.63, 3.8) is 0 Å². The number of hydrogen-bond acceptors (Lipinski definition) is 7. The predicted octanol–water partition coefficient (Wildman–Crippen LogP) is 19.7. The zero-order chi connectivity index (χ0) is 55.7. The molecule has 0 aromatic carbocycles. The van der Waals surface area contributed by atoms with Gasteiger partial charge in [-0.3, -0.25) is 14.2 Å². The molecule has 0 aromatic rings. The number of ether oxygens (including phenoxy) is 1. The number of amides is 1. The van der Waals surface area contributed by atoms with E-state index in [1.165, 1.54) is 225 Å². The van der Waals surface area contributed by atoms with Gasteiger partial charge in [0.15, 0.2) is 0 Å². The Kier molecular flexibility index (Phi) is 55.2. The van der Waals surface area contributed by atoms with Gasteiger partial charge in [-0.05, 0) is 63.9 Å². The van der Waals surface area contributed by atoms with Crippen molar-refractivity contribution >= 4 is 19.7 Å². The highest BCUT2D eigenvalue weighted by Gasteiger charge is 2.27. The highest BCUT2D eigenvalue weighted by molar-refractivity contribution is 7.45. The Labute approximate surface area is 472 Å². The number of phosphoric acid groups is 1. The van der Waals surface area contributed by atoms with E-state index >= 15 is 0 Å². The second-order valence-corrected chi connectivity index (χ2v) is 25.0. The number of esters is 1. The summed E-state index contributed by atoms with van der Waals surface area (Å²) in [6.45, 7) is 6.87. The maximum Gasteiger partial charge on any atom is 0.306 e. The number of hydrogen-bond donors (Lipinski definition) is 1. The molecule has 0 bridgehead atoms. The number of likely N-dealkylation sites (N-methyl/N-ethyl adjacent to an activating group) is 1. The number of rotatable bonds is 60. The SMILES string of the molecule is CCCCC/C=C\C/C=C\CCCCCCCCCCCCCC(=O)OC(/C=C/CCCCCCCCCCCCC)C(COP(=O)([O-])OCC[N+](C)(C)C)NC(=O)CCCCCCCCCCCCCCCCCC. The predicted molar refractivity (Wildman–Crippen MR) is 326 cm³/mol. The molecule has 0 fully saturated rings. The molecule has 0 radical (unpaired) electrons. The molecule has 0 heterocycles. The number of nitrogens with zero attached hydrogens (tertiary/aromatic N) is 1. The minimum atomic E-state index is -4.70. The van der Waals surface area contributed by atoms with Crippen LogP contribution in [-0.4, -0.2) is 69.4 Å². The molecule has 0 saturated heterocycles. The largest absolute Gasteiger partial charge is 0.756 e. The number of unbranched alkanes of at least 4 members (excludes halogenated alkanes) is 40. The van der Waals surface area contributed by atoms with Crippen LogP contribution in [-0.2, 0) is 27.9 Å². The summed E-state index contributed by atoms with van der Waals surface area (Å²) in [7, 11) is 1.20. The third-order valence-electron chi connectivity index (χ3n) is 14.8. The van der Waals surface area contributed by atoms with Gasteiger partial charge in [0.25, 0.3) is 7.82 Å². The van der Waals surface area contributed by atoms with E-state index in [2.05, 4.69) is 50.4 Å². The van der Waals surface area contributed by atoms with E-state index < -0.39 is 20.0 Å². The molecule has 0 aliphatic carbocycles. The van der Waals surface area contributed by atoms with Gasteiger partial charge in [0.05, 0.1) is 33.8 Å². The first-order valence-electron chi connectivity index (χ1n) is 32.8. The summed E-state index contributed by atoms with van der Waals surface area (Å²) in [5, 5.41) is 3.04. The van der Waals surface area contributed by atoms with E-state index in [1.54, 1.807) is 0 Å². The molecule has 448 valence electrons. The zero-order valence-electron chi connectivity index (χ0n) is 51.2. The second kappa shape index (κ2) is 56.5. The lowest BCUT2D eigenvalue weighted by Gasteiger charge is -2.30. The first kappa shape index (κ1) is 74.2. The fourth-order valence-corrected chi connectivity index (χ4v) is 10.5. The van der Waals surface area contributed by atoms with Crippen LogP contribution in [0.4, 0.5) is 0 Å². The minimum Gasteiger partial charge on any atom is -0.756 e. The Balaban J connectivity index is 5.19. The molecule has 9 nitrogen and oxygen atoms in total. The molecule has 3 unspecified atom stereocenters. The smallest absolute Gasteiger partial charge is 0.306 e. The highest BCUT2D eigenvalue weighted by atomic mass is 31.2. The van der Waals surface area contributed by atoms with Gasteiger partial charge in [-0.15, -0.1) is 0 Å². The Morgan fingerprint density at radius 3 is 1.21 bits per heavy atom. The van der Waals surface area contributed by atoms with Crippen molar-refractivity contribution in [2.24, 2.45) is 0 Å². The Hall–Kier alpha value is -1.77. The lowest BCUT2D eigenvalue weighted by atomic mass is 10.0. The van der Waals surface area contributed by atoms with Crippen LogP contribution >= 0.6 is 7.82 Å². The van der Waals surface area contributed by atoms with Gasteiger partial charge in [-0.1, -0.05) is 282 Å². The quantitative estimate of drug-likeness (QED) is 0.0212. The topological polar surface area (TPSA) is 114 Å². The Morgan fingerprint density at radius 1 is 0.461 bits per heavy atom. The molecule has 0 aromatic heterocycles. The molecule has 0 aliphatic rings. The number of phosphoric ester groups is 1. The highest BCUT2D eigenvalue weighted by Crippen LogP contribution is 2.38. The summed E-state index contributed by atoms with van der Waals surface area (Å²) in [6.07, 6.45) is 68.2. The molecule has 0 rings (SSSR count). The molecule has 1 amide bonds. The maximum absolute atomic E-state index is 13.5. The number of allylic oxidation sites excluding steroid dienone is 5. The van der Waals surface area contributed by atoms with Crippen LogP contribution in [0.15, 0.2) is 36.5 Å². The fraction of sp³-hybridized carbons (Fsp3) is 0.879. The van der Waals surface area contributed by atoms with Gasteiger partial charge in [0.1, 0.15) is 19.3 Å². The lowest BCUT2D eigenvalue weighted by molar-refractivity contribution is -0.870. The van der Waals surface area contributed by atoms with Crippen LogP contribution < -0.4 is 10.2 Å². The van der Waals surface area contributed by atoms with Crippen molar-refractivity contribution < 1.29 is 37.3 Å². The van der Waals surface area contributed by atoms with Gasteiger partial charge in [0.2, 0.25) is 5.91 Å². The molecule has 1 N–H and O–H groups in total. The van der Waals surface area contributed by atoms with Crippen LogP contribution in [0.25, 0.3) is 0 Å². The normalized spacial score (nSPS) is 13.8. The van der Waals surface area contributed by atoms with Crippen molar-refractivity contribution in [2.75, 3.05) is 40.9 Å². The molecule has 10 heteroatoms. The summed E-state index contributed by atoms with van der Waals surface area (Å²) >= 11 is 0. The summed E-state index contributed by atoms with van der Waals surface area (Å²) in [6, 6.07) is -0.885. The molecule has 0 spiro atoms. The average Bonchev–Trinajstić information content (AvgIpc) is 3.38. The fourth-order valence-electron chi connectivity index (χ4n) is 9.73. The van der Waals surface area contributed by atoms with Crippen molar-refractivity contribution in [3.05, 3.63) is 36.5 Å². The third kappa shape index (κ3) is 56.9. The van der Waals surface area contributed by atoms with Crippen molar-refractivity contribution in [1.82, 2.24) is 5.32 Å². The van der Waals surface area contributed by atoms with E-state index in [0.29, 0.717) is 17.4 Å². The molecular formula is C66H127N2O7P. The van der Waals surface area contributed by atoms with Crippen LogP contribution in [0.2, 0.25) is 0 Å². The van der Waals surface area contributed by atoms with Crippen LogP contribution in [0.1, 0.15) is 323 Å². The van der Waals surface area contributed by atoms with E-state index in [9.17, 15) is 19.0 Å². The summed E-state index contributed by atoms with van der Waals surface area (Å²) in [4.78, 5) is 40.1. The van der Waals surface area contributed by atoms with Gasteiger partial charge in [-0.2, -0.15) is 0 Å². The number of nitrogens with one attached hydrogen (secondary N) is 1. The Morgan fingerprint density at radius 2 is 0.803 bits per heavy atom. The van der Waals surface area contributed by atoms with E-state index in [-0.39, 0.29) is 31.5 Å². The second-order valence-electron chi connectivity index (χ2n) is 23.6. The van der Waals surface area contributed by atoms with Gasteiger partial charge < -0.3 is 28.5 Å². The van der Waals surface area contributed by atoms with Crippen molar-refractivity contribution in [2.45, 2.75) is 335 Å². The molecular weight excluding hydrogens is 964 g/mol. The molecule has 0 aliphatic heterocycles. The van der Waals surface area contributed by atoms with Crippen molar-refractivity contribution in [3.8, 4) is 0 Å². The van der Waals surface area contributed by atoms with Gasteiger partial charge >= 0.3 is 5.97 Å².